The van der Waals surface area contributed by atoms with Crippen LogP contribution in [0.2, 0.25) is 0 Å². The van der Waals surface area contributed by atoms with Gasteiger partial charge in [-0.25, -0.2) is 4.68 Å². The number of hydrogen-bond donors (Lipinski definition) is 3. The van der Waals surface area contributed by atoms with Crippen LogP contribution in [0.4, 0.5) is 5.69 Å². The first-order valence-electron chi connectivity index (χ1n) is 5.72. The van der Waals surface area contributed by atoms with E-state index in [1.54, 1.807) is 0 Å². The van der Waals surface area contributed by atoms with E-state index in [0.717, 1.165) is 4.68 Å². The third kappa shape index (κ3) is 3.35. The van der Waals surface area contributed by atoms with Gasteiger partial charge in [-0.15, -0.1) is 6.42 Å². The zero-order valence-electron chi connectivity index (χ0n) is 10.6. The van der Waals surface area contributed by atoms with Crippen LogP contribution in [0, 0.1) is 12.3 Å². The number of hydrogen-bond acceptors (Lipinski definition) is 5. The van der Waals surface area contributed by atoms with Crippen molar-refractivity contribution in [3.8, 4) is 12.3 Å². The Hall–Kier alpha value is -1.36. The second kappa shape index (κ2) is 6.70. The third-order valence-electron chi connectivity index (χ3n) is 2.91. The first kappa shape index (κ1) is 15.7. The molecule has 1 heterocycles. The van der Waals surface area contributed by atoms with Crippen molar-refractivity contribution in [3.05, 3.63) is 21.0 Å². The molecule has 7 heteroatoms. The fraction of sp³-hybridized carbons (Fsp3) is 0.500. The molecule has 0 atom stereocenters. The van der Waals surface area contributed by atoms with E-state index in [1.165, 1.54) is 6.20 Å². The van der Waals surface area contributed by atoms with Gasteiger partial charge in [0.1, 0.15) is 11.0 Å². The zero-order valence-corrected chi connectivity index (χ0v) is 12.1. The normalized spacial score (nSPS) is 11.1. The van der Waals surface area contributed by atoms with Crippen LogP contribution in [-0.2, 0) is 6.54 Å². The highest BCUT2D eigenvalue weighted by molar-refractivity contribution is 9.10. The molecule has 0 amide bonds. The maximum Gasteiger partial charge on any atom is 0.284 e. The minimum Gasteiger partial charge on any atom is -0.394 e. The van der Waals surface area contributed by atoms with Gasteiger partial charge in [-0.2, -0.15) is 5.10 Å². The van der Waals surface area contributed by atoms with Gasteiger partial charge in [-0.3, -0.25) is 4.79 Å². The fourth-order valence-electron chi connectivity index (χ4n) is 1.48. The molecular formula is C12H16BrN3O3. The summed E-state index contributed by atoms with van der Waals surface area (Å²) in [5.74, 6) is 2.33. The van der Waals surface area contributed by atoms with Gasteiger partial charge in [0.25, 0.3) is 5.56 Å². The van der Waals surface area contributed by atoms with Gasteiger partial charge in [0.05, 0.1) is 30.6 Å². The smallest absolute Gasteiger partial charge is 0.284 e. The lowest BCUT2D eigenvalue weighted by molar-refractivity contribution is 0.132. The summed E-state index contributed by atoms with van der Waals surface area (Å²) in [5, 5.41) is 25.6. The molecule has 1 aromatic heterocycles. The number of rotatable bonds is 6. The number of halogens is 1. The maximum atomic E-state index is 11.9. The monoisotopic (exact) mass is 329 g/mol. The van der Waals surface area contributed by atoms with Crippen LogP contribution in [0.25, 0.3) is 0 Å². The van der Waals surface area contributed by atoms with E-state index in [9.17, 15) is 15.0 Å². The Kier molecular flexibility index (Phi) is 5.54. The summed E-state index contributed by atoms with van der Waals surface area (Å²) < 4.78 is 1.40. The van der Waals surface area contributed by atoms with E-state index in [1.807, 2.05) is 6.92 Å². The van der Waals surface area contributed by atoms with Gasteiger partial charge in [0.2, 0.25) is 0 Å². The Morgan fingerprint density at radius 3 is 2.68 bits per heavy atom. The summed E-state index contributed by atoms with van der Waals surface area (Å²) >= 11 is 3.17. The van der Waals surface area contributed by atoms with E-state index < -0.39 is 5.54 Å². The van der Waals surface area contributed by atoms with Crippen LogP contribution in [0.15, 0.2) is 15.5 Å². The molecule has 0 aliphatic rings. The molecule has 0 aliphatic heterocycles. The first-order chi connectivity index (χ1) is 9.03. The average Bonchev–Trinajstić information content (AvgIpc) is 2.44. The summed E-state index contributed by atoms with van der Waals surface area (Å²) in [7, 11) is 0. The molecule has 0 fully saturated rings. The number of anilines is 1. The van der Waals surface area contributed by atoms with E-state index in [2.05, 4.69) is 32.3 Å². The molecule has 0 saturated heterocycles. The summed E-state index contributed by atoms with van der Waals surface area (Å²) in [5.41, 5.74) is -0.860. The topological polar surface area (TPSA) is 87.4 Å². The van der Waals surface area contributed by atoms with Gasteiger partial charge < -0.3 is 15.5 Å². The molecule has 0 saturated carbocycles. The second-order valence-electron chi connectivity index (χ2n) is 4.11. The highest BCUT2D eigenvalue weighted by atomic mass is 79.9. The Balaban J connectivity index is 3.14. The van der Waals surface area contributed by atoms with E-state index >= 15 is 0 Å². The predicted octanol–water partition coefficient (Wildman–Crippen LogP) is 0.184. The van der Waals surface area contributed by atoms with Gasteiger partial charge >= 0.3 is 0 Å². The number of aliphatic hydroxyl groups excluding tert-OH is 2. The Morgan fingerprint density at radius 1 is 1.58 bits per heavy atom. The van der Waals surface area contributed by atoms with Crippen LogP contribution >= 0.6 is 15.9 Å². The summed E-state index contributed by atoms with van der Waals surface area (Å²) in [4.78, 5) is 11.9. The first-order valence-corrected chi connectivity index (χ1v) is 6.52. The van der Waals surface area contributed by atoms with Crippen molar-refractivity contribution in [2.24, 2.45) is 0 Å². The molecule has 19 heavy (non-hydrogen) atoms. The highest BCUT2D eigenvalue weighted by Crippen LogP contribution is 2.22. The predicted molar refractivity (Wildman–Crippen MR) is 75.8 cm³/mol. The van der Waals surface area contributed by atoms with E-state index in [-0.39, 0.29) is 29.8 Å². The molecule has 0 radical (unpaired) electrons. The quantitative estimate of drug-likeness (QED) is 0.648. The molecule has 104 valence electrons. The Labute approximate surface area is 119 Å². The summed E-state index contributed by atoms with van der Waals surface area (Å²) in [6.45, 7) is 1.37. The summed E-state index contributed by atoms with van der Waals surface area (Å²) in [6.07, 6.45) is 7.05. The van der Waals surface area contributed by atoms with Crippen molar-refractivity contribution in [2.75, 3.05) is 18.5 Å². The standard InChI is InChI=1S/C12H16BrN3O3/c1-3-5-16-11(19)10(13)9(6-14-16)15-12(4-2,7-17)8-18/h1,6,15,17-18H,4-5,7-8H2,2H3. The van der Waals surface area contributed by atoms with Crippen LogP contribution in [-0.4, -0.2) is 38.7 Å². The average molecular weight is 330 g/mol. The van der Waals surface area contributed by atoms with Gasteiger partial charge in [-0.1, -0.05) is 12.8 Å². The van der Waals surface area contributed by atoms with Crippen LogP contribution in [0.1, 0.15) is 13.3 Å². The number of nitrogens with one attached hydrogen (secondary N) is 1. The molecule has 0 aliphatic carbocycles. The fourth-order valence-corrected chi connectivity index (χ4v) is 1.88. The van der Waals surface area contributed by atoms with Gasteiger partial charge in [0.15, 0.2) is 0 Å². The molecule has 6 nitrogen and oxygen atoms in total. The lowest BCUT2D eigenvalue weighted by Gasteiger charge is -2.31. The van der Waals surface area contributed by atoms with Crippen molar-refractivity contribution in [1.29, 1.82) is 0 Å². The maximum absolute atomic E-state index is 11.9. The lowest BCUT2D eigenvalue weighted by atomic mass is 9.98. The molecular weight excluding hydrogens is 314 g/mol. The molecule has 1 rings (SSSR count). The number of terminal acetylenes is 1. The lowest BCUT2D eigenvalue weighted by Crippen LogP contribution is -2.45. The Morgan fingerprint density at radius 2 is 2.21 bits per heavy atom. The molecule has 0 spiro atoms. The molecule has 0 aromatic carbocycles. The van der Waals surface area contributed by atoms with E-state index in [4.69, 9.17) is 6.42 Å². The minimum absolute atomic E-state index is 0.0800. The SMILES string of the molecule is C#CCn1ncc(NC(CC)(CO)CO)c(Br)c1=O. The third-order valence-corrected chi connectivity index (χ3v) is 3.67. The molecule has 0 bridgehead atoms. The van der Waals surface area contributed by atoms with Crippen LogP contribution < -0.4 is 10.9 Å². The van der Waals surface area contributed by atoms with E-state index in [0.29, 0.717) is 12.1 Å². The zero-order chi connectivity index (χ0) is 14.5. The molecule has 1 aromatic rings. The van der Waals surface area contributed by atoms with Crippen molar-refractivity contribution < 1.29 is 10.2 Å². The number of aromatic nitrogens is 2. The van der Waals surface area contributed by atoms with Crippen molar-refractivity contribution in [2.45, 2.75) is 25.4 Å². The largest absolute Gasteiger partial charge is 0.394 e. The van der Waals surface area contributed by atoms with Crippen LogP contribution in [0.3, 0.4) is 0 Å². The van der Waals surface area contributed by atoms with Gasteiger partial charge in [-0.05, 0) is 22.4 Å². The Bertz CT molecular complexity index is 524. The van der Waals surface area contributed by atoms with Crippen molar-refractivity contribution >= 4 is 21.6 Å². The van der Waals surface area contributed by atoms with Crippen molar-refractivity contribution in [3.63, 3.8) is 0 Å². The molecule has 3 N–H and O–H groups in total. The van der Waals surface area contributed by atoms with Gasteiger partial charge in [0, 0.05) is 0 Å². The van der Waals surface area contributed by atoms with Crippen LogP contribution in [0.5, 0.6) is 0 Å². The molecule has 0 unspecified atom stereocenters. The minimum atomic E-state index is -0.894. The second-order valence-corrected chi connectivity index (χ2v) is 4.91. The summed E-state index contributed by atoms with van der Waals surface area (Å²) in [6, 6.07) is 0. The highest BCUT2D eigenvalue weighted by Gasteiger charge is 2.27. The number of aliphatic hydroxyl groups is 2. The van der Waals surface area contributed by atoms with Crippen molar-refractivity contribution in [1.82, 2.24) is 9.78 Å². The number of nitrogens with zero attached hydrogens (tertiary/aromatic N) is 2.